The molecule has 0 fully saturated rings. The molecule has 0 aliphatic heterocycles. The molecular weight excluding hydrogens is 418 g/mol. The van der Waals surface area contributed by atoms with Gasteiger partial charge in [-0.15, -0.1) is 0 Å². The lowest BCUT2D eigenvalue weighted by molar-refractivity contribution is -0.141. The predicted molar refractivity (Wildman–Crippen MR) is 125 cm³/mol. The summed E-state index contributed by atoms with van der Waals surface area (Å²) in [4.78, 5) is 38.6. The monoisotopic (exact) mass is 437 g/mol. The van der Waals surface area contributed by atoms with Gasteiger partial charge in [-0.05, 0) is 28.8 Å². The molecule has 1 aliphatic carbocycles. The molecule has 33 heavy (non-hydrogen) atoms. The first-order chi connectivity index (χ1) is 16.0. The van der Waals surface area contributed by atoms with Crippen LogP contribution in [0, 0.1) is 0 Å². The maximum atomic E-state index is 13.5. The average Bonchev–Trinajstić information content (AvgIpc) is 2.83. The lowest BCUT2D eigenvalue weighted by Gasteiger charge is -2.22. The van der Waals surface area contributed by atoms with Crippen molar-refractivity contribution in [3.8, 4) is 11.1 Å². The van der Waals surface area contributed by atoms with Crippen LogP contribution in [0.5, 0.6) is 0 Å². The number of aromatic nitrogens is 1. The van der Waals surface area contributed by atoms with Gasteiger partial charge in [-0.25, -0.2) is 4.79 Å². The van der Waals surface area contributed by atoms with Crippen molar-refractivity contribution < 1.29 is 19.8 Å². The number of rotatable bonds is 5. The van der Waals surface area contributed by atoms with E-state index in [9.17, 15) is 24.6 Å². The highest BCUT2D eigenvalue weighted by molar-refractivity contribution is 6.24. The molecule has 1 atom stereocenters. The van der Waals surface area contributed by atoms with Crippen molar-refractivity contribution in [2.24, 2.45) is 0 Å². The van der Waals surface area contributed by atoms with E-state index in [2.05, 4.69) is 0 Å². The van der Waals surface area contributed by atoms with Crippen LogP contribution >= 0.6 is 0 Å². The van der Waals surface area contributed by atoms with Crippen molar-refractivity contribution in [3.05, 3.63) is 112 Å². The molecule has 5 rings (SSSR count). The number of carboxylic acids is 1. The van der Waals surface area contributed by atoms with Gasteiger partial charge in [0.15, 0.2) is 5.76 Å². The molecule has 0 radical (unpaired) electrons. The number of hydrogen-bond donors (Lipinski definition) is 2. The first-order valence-electron chi connectivity index (χ1n) is 10.4. The second-order valence-electron chi connectivity index (χ2n) is 7.98. The van der Waals surface area contributed by atoms with Gasteiger partial charge in [0.25, 0.3) is 5.56 Å². The minimum Gasteiger partial charge on any atom is -0.504 e. The van der Waals surface area contributed by atoms with Crippen LogP contribution in [0.15, 0.2) is 89.5 Å². The highest BCUT2D eigenvalue weighted by Crippen LogP contribution is 2.36. The first kappa shape index (κ1) is 20.5. The fourth-order valence-corrected chi connectivity index (χ4v) is 4.41. The van der Waals surface area contributed by atoms with Gasteiger partial charge in [-0.3, -0.25) is 14.2 Å². The van der Waals surface area contributed by atoms with E-state index in [1.807, 2.05) is 48.5 Å². The fraction of sp³-hybridized carbons (Fsp3) is 0.0741. The number of pyridine rings is 1. The Morgan fingerprint density at radius 1 is 0.909 bits per heavy atom. The lowest BCUT2D eigenvalue weighted by atomic mass is 9.86. The number of ketones is 1. The topological polar surface area (TPSA) is 96.6 Å². The molecule has 162 valence electrons. The van der Waals surface area contributed by atoms with Crippen molar-refractivity contribution in [1.29, 1.82) is 0 Å². The molecule has 2 N–H and O–H groups in total. The summed E-state index contributed by atoms with van der Waals surface area (Å²) in [5, 5.41) is 21.0. The summed E-state index contributed by atoms with van der Waals surface area (Å²) < 4.78 is 1.18. The van der Waals surface area contributed by atoms with Crippen molar-refractivity contribution in [2.75, 3.05) is 0 Å². The molecule has 0 saturated carbocycles. The van der Waals surface area contributed by atoms with E-state index in [-0.39, 0.29) is 17.4 Å². The molecule has 0 saturated heterocycles. The van der Waals surface area contributed by atoms with Gasteiger partial charge >= 0.3 is 5.97 Å². The summed E-state index contributed by atoms with van der Waals surface area (Å²) in [7, 11) is 0. The Morgan fingerprint density at radius 2 is 1.58 bits per heavy atom. The highest BCUT2D eigenvalue weighted by atomic mass is 16.4. The van der Waals surface area contributed by atoms with Crippen LogP contribution in [0.3, 0.4) is 0 Å². The van der Waals surface area contributed by atoms with E-state index in [0.717, 1.165) is 11.1 Å². The third kappa shape index (κ3) is 3.42. The number of carbonyl (C=O) groups excluding carboxylic acids is 1. The van der Waals surface area contributed by atoms with E-state index < -0.39 is 29.1 Å². The summed E-state index contributed by atoms with van der Waals surface area (Å²) in [6.07, 6.45) is 2.84. The molecule has 0 bridgehead atoms. The molecule has 4 aromatic rings. The number of carbonyl (C=O) groups is 2. The number of aliphatic carboxylic acids is 1. The van der Waals surface area contributed by atoms with Crippen LogP contribution in [0.4, 0.5) is 0 Å². The molecule has 0 unspecified atom stereocenters. The minimum atomic E-state index is -1.15. The number of carboxylic acid groups (broad SMARTS) is 1. The molecule has 6 nitrogen and oxygen atoms in total. The summed E-state index contributed by atoms with van der Waals surface area (Å²) in [6, 6.07) is 20.5. The van der Waals surface area contributed by atoms with Crippen LogP contribution in [-0.2, 0) is 11.2 Å². The van der Waals surface area contributed by atoms with Crippen LogP contribution in [0.1, 0.15) is 27.5 Å². The van der Waals surface area contributed by atoms with Crippen molar-refractivity contribution >= 4 is 28.6 Å². The van der Waals surface area contributed by atoms with Gasteiger partial charge in [0, 0.05) is 34.5 Å². The zero-order chi connectivity index (χ0) is 23.1. The molecule has 1 aliphatic rings. The van der Waals surface area contributed by atoms with E-state index in [4.69, 9.17) is 0 Å². The first-order valence-corrected chi connectivity index (χ1v) is 10.4. The average molecular weight is 437 g/mol. The molecule has 0 spiro atoms. The van der Waals surface area contributed by atoms with Gasteiger partial charge in [-0.2, -0.15) is 0 Å². The van der Waals surface area contributed by atoms with Gasteiger partial charge in [0.05, 0.1) is 0 Å². The quantitative estimate of drug-likeness (QED) is 0.474. The van der Waals surface area contributed by atoms with E-state index in [1.54, 1.807) is 24.3 Å². The lowest BCUT2D eigenvalue weighted by Crippen LogP contribution is -2.32. The van der Waals surface area contributed by atoms with E-state index >= 15 is 0 Å². The Bertz CT molecular complexity index is 1500. The molecule has 1 aromatic heterocycles. The van der Waals surface area contributed by atoms with Crippen LogP contribution in [0.25, 0.3) is 28.0 Å². The summed E-state index contributed by atoms with van der Waals surface area (Å²) in [5.41, 5.74) is 2.33. The third-order valence-electron chi connectivity index (χ3n) is 5.97. The van der Waals surface area contributed by atoms with Crippen molar-refractivity contribution in [1.82, 2.24) is 4.57 Å². The number of hydrogen-bond acceptors (Lipinski definition) is 4. The molecule has 1 heterocycles. The molecule has 3 aromatic carbocycles. The summed E-state index contributed by atoms with van der Waals surface area (Å²) in [5.74, 6) is -2.16. The Morgan fingerprint density at radius 3 is 2.24 bits per heavy atom. The number of nitrogens with zero attached hydrogens (tertiary/aromatic N) is 1. The smallest absolute Gasteiger partial charge is 0.327 e. The van der Waals surface area contributed by atoms with Crippen molar-refractivity contribution in [3.63, 3.8) is 0 Å². The van der Waals surface area contributed by atoms with Crippen molar-refractivity contribution in [2.45, 2.75) is 12.5 Å². The number of aliphatic hydroxyl groups excluding tert-OH is 1. The highest BCUT2D eigenvalue weighted by Gasteiger charge is 2.29. The molecular formula is C27H19NO5. The number of Topliss-reactive ketones (excluding diaryl/α,β-unsaturated/α-hetero) is 1. The zero-order valence-corrected chi connectivity index (χ0v) is 17.4. The third-order valence-corrected chi connectivity index (χ3v) is 5.97. The van der Waals surface area contributed by atoms with Gasteiger partial charge in [0.1, 0.15) is 6.04 Å². The van der Waals surface area contributed by atoms with Gasteiger partial charge < -0.3 is 10.2 Å². The van der Waals surface area contributed by atoms with E-state index in [0.29, 0.717) is 16.5 Å². The predicted octanol–water partition coefficient (Wildman–Crippen LogP) is 4.63. The second kappa shape index (κ2) is 7.91. The SMILES string of the molecule is O=C1C(O)=Cc2cn([C@@H](Cc3ccccc3)C(=O)O)c(=O)c3ccc(-c4ccccc4)c1c23. The van der Waals surface area contributed by atoms with E-state index in [1.165, 1.54) is 16.8 Å². The normalized spacial score (nSPS) is 13.6. The Kier molecular flexibility index (Phi) is 4.90. The van der Waals surface area contributed by atoms with Gasteiger partial charge in [-0.1, -0.05) is 66.7 Å². The second-order valence-corrected chi connectivity index (χ2v) is 7.98. The molecule has 0 amide bonds. The maximum absolute atomic E-state index is 13.5. The standard InChI is InChI=1S/C27H19NO5/c29-22-14-18-15-28(21(27(32)33)13-16-7-3-1-4-8-16)26(31)20-12-11-19(17-9-5-2-6-10-17)24(23(18)20)25(22)30/h1-12,14-15,21,29H,13H2,(H,32,33)/t21-/m0/s1. The molecule has 6 heteroatoms. The summed E-state index contributed by atoms with van der Waals surface area (Å²) in [6.45, 7) is 0. The number of allylic oxidation sites excluding steroid dienone is 1. The number of aliphatic hydroxyl groups is 1. The number of benzene rings is 3. The van der Waals surface area contributed by atoms with Crippen LogP contribution in [0.2, 0.25) is 0 Å². The minimum absolute atomic E-state index is 0.116. The largest absolute Gasteiger partial charge is 0.504 e. The Labute approximate surface area is 188 Å². The Hall–Kier alpha value is -4.45. The van der Waals surface area contributed by atoms with Crippen LogP contribution in [-0.4, -0.2) is 26.5 Å². The summed E-state index contributed by atoms with van der Waals surface area (Å²) >= 11 is 0. The Balaban J connectivity index is 1.77. The van der Waals surface area contributed by atoms with Gasteiger partial charge in [0.2, 0.25) is 5.78 Å². The zero-order valence-electron chi connectivity index (χ0n) is 17.4. The fourth-order valence-electron chi connectivity index (χ4n) is 4.41. The maximum Gasteiger partial charge on any atom is 0.327 e. The van der Waals surface area contributed by atoms with Crippen LogP contribution < -0.4 is 5.56 Å².